The predicted molar refractivity (Wildman–Crippen MR) is 79.2 cm³/mol. The second-order valence-electron chi connectivity index (χ2n) is 6.17. The highest BCUT2D eigenvalue weighted by atomic mass is 32.2. The van der Waals surface area contributed by atoms with Gasteiger partial charge in [-0.3, -0.25) is 4.99 Å². The van der Waals surface area contributed by atoms with Crippen molar-refractivity contribution in [3.8, 4) is 0 Å². The van der Waals surface area contributed by atoms with E-state index in [1.165, 1.54) is 56.1 Å². The number of aliphatic imine (C=N–C) groups is 1. The Morgan fingerprint density at radius 3 is 3.06 bits per heavy atom. The van der Waals surface area contributed by atoms with Gasteiger partial charge in [0.25, 0.3) is 0 Å². The second kappa shape index (κ2) is 5.83. The SMILES string of the molecule is CN1CCC(CN=C2NC3CCCCC3CS2)C1. The largest absolute Gasteiger partial charge is 0.362 e. The molecule has 0 aromatic heterocycles. The zero-order valence-corrected chi connectivity index (χ0v) is 12.2. The maximum absolute atomic E-state index is 4.83. The summed E-state index contributed by atoms with van der Waals surface area (Å²) in [4.78, 5) is 7.25. The fourth-order valence-corrected chi connectivity index (χ4v) is 4.63. The molecule has 0 amide bonds. The minimum absolute atomic E-state index is 0.727. The van der Waals surface area contributed by atoms with Crippen LogP contribution in [0.2, 0.25) is 0 Å². The summed E-state index contributed by atoms with van der Waals surface area (Å²) in [6, 6.07) is 0.727. The molecule has 0 radical (unpaired) electrons. The maximum Gasteiger partial charge on any atom is 0.156 e. The van der Waals surface area contributed by atoms with Gasteiger partial charge in [0.2, 0.25) is 0 Å². The van der Waals surface area contributed by atoms with E-state index in [1.807, 2.05) is 11.8 Å². The quantitative estimate of drug-likeness (QED) is 0.831. The molecule has 4 heteroatoms. The molecular formula is C14H25N3S. The van der Waals surface area contributed by atoms with E-state index in [0.717, 1.165) is 24.4 Å². The minimum Gasteiger partial charge on any atom is -0.362 e. The van der Waals surface area contributed by atoms with Gasteiger partial charge in [0.05, 0.1) is 0 Å². The van der Waals surface area contributed by atoms with E-state index >= 15 is 0 Å². The van der Waals surface area contributed by atoms with E-state index in [9.17, 15) is 0 Å². The fraction of sp³-hybridized carbons (Fsp3) is 0.929. The van der Waals surface area contributed by atoms with Crippen LogP contribution >= 0.6 is 11.8 Å². The number of fused-ring (bicyclic) bond motifs is 1. The summed E-state index contributed by atoms with van der Waals surface area (Å²) in [5.74, 6) is 2.98. The fourth-order valence-electron chi connectivity index (χ4n) is 3.46. The summed E-state index contributed by atoms with van der Waals surface area (Å²) in [5.41, 5.74) is 0. The van der Waals surface area contributed by atoms with Gasteiger partial charge in [-0.05, 0) is 44.7 Å². The lowest BCUT2D eigenvalue weighted by atomic mass is 9.86. The first-order valence-corrected chi connectivity index (χ1v) is 8.42. The molecule has 3 unspecified atom stereocenters. The van der Waals surface area contributed by atoms with Crippen LogP contribution in [-0.4, -0.2) is 48.5 Å². The van der Waals surface area contributed by atoms with Crippen molar-refractivity contribution >= 4 is 16.9 Å². The van der Waals surface area contributed by atoms with Crippen molar-refractivity contribution in [2.45, 2.75) is 38.1 Å². The Bertz CT molecular complexity index is 318. The molecule has 1 N–H and O–H groups in total. The lowest BCUT2D eigenvalue weighted by molar-refractivity contribution is 0.311. The van der Waals surface area contributed by atoms with Gasteiger partial charge in [0.15, 0.2) is 5.17 Å². The van der Waals surface area contributed by atoms with Crippen molar-refractivity contribution in [1.82, 2.24) is 10.2 Å². The standard InChI is InChI=1S/C14H25N3S/c1-17-7-6-11(9-17)8-15-14-16-13-5-3-2-4-12(13)10-18-14/h11-13H,2-10H2,1H3,(H,15,16). The van der Waals surface area contributed by atoms with Crippen LogP contribution in [0.15, 0.2) is 4.99 Å². The number of hydrogen-bond acceptors (Lipinski definition) is 3. The van der Waals surface area contributed by atoms with Crippen LogP contribution in [0.25, 0.3) is 0 Å². The Kier molecular flexibility index (Phi) is 4.14. The highest BCUT2D eigenvalue weighted by Crippen LogP contribution is 2.31. The van der Waals surface area contributed by atoms with E-state index in [-0.39, 0.29) is 0 Å². The molecule has 18 heavy (non-hydrogen) atoms. The molecule has 1 aliphatic carbocycles. The smallest absolute Gasteiger partial charge is 0.156 e. The van der Waals surface area contributed by atoms with Crippen LogP contribution in [0.5, 0.6) is 0 Å². The molecule has 3 nitrogen and oxygen atoms in total. The predicted octanol–water partition coefficient (Wildman–Crippen LogP) is 2.19. The molecule has 2 heterocycles. The molecule has 3 aliphatic rings. The third-order valence-electron chi connectivity index (χ3n) is 4.63. The van der Waals surface area contributed by atoms with Crippen molar-refractivity contribution < 1.29 is 0 Å². The van der Waals surface area contributed by atoms with Crippen LogP contribution in [-0.2, 0) is 0 Å². The van der Waals surface area contributed by atoms with E-state index < -0.39 is 0 Å². The van der Waals surface area contributed by atoms with Crippen LogP contribution < -0.4 is 5.32 Å². The Morgan fingerprint density at radius 1 is 1.33 bits per heavy atom. The highest BCUT2D eigenvalue weighted by Gasteiger charge is 2.30. The second-order valence-corrected chi connectivity index (χ2v) is 7.18. The summed E-state index contributed by atoms with van der Waals surface area (Å²) in [5, 5.41) is 4.92. The third kappa shape index (κ3) is 3.02. The zero-order valence-electron chi connectivity index (χ0n) is 11.4. The van der Waals surface area contributed by atoms with Crippen molar-refractivity contribution in [3.05, 3.63) is 0 Å². The van der Waals surface area contributed by atoms with Crippen LogP contribution in [0, 0.1) is 11.8 Å². The van der Waals surface area contributed by atoms with Gasteiger partial charge in [0.1, 0.15) is 0 Å². The average molecular weight is 267 g/mol. The van der Waals surface area contributed by atoms with E-state index in [2.05, 4.69) is 17.3 Å². The molecule has 2 aliphatic heterocycles. The maximum atomic E-state index is 4.83. The molecule has 0 aromatic carbocycles. The Hall–Kier alpha value is -0.220. The Morgan fingerprint density at radius 2 is 2.22 bits per heavy atom. The molecule has 1 saturated carbocycles. The van der Waals surface area contributed by atoms with Gasteiger partial charge in [0, 0.05) is 24.9 Å². The van der Waals surface area contributed by atoms with Gasteiger partial charge in [-0.25, -0.2) is 0 Å². The molecule has 102 valence electrons. The third-order valence-corrected chi connectivity index (χ3v) is 5.75. The van der Waals surface area contributed by atoms with Gasteiger partial charge < -0.3 is 10.2 Å². The van der Waals surface area contributed by atoms with Crippen LogP contribution in [0.1, 0.15) is 32.1 Å². The molecule has 2 saturated heterocycles. The zero-order chi connectivity index (χ0) is 12.4. The van der Waals surface area contributed by atoms with E-state index in [1.54, 1.807) is 0 Å². The normalized spacial score (nSPS) is 39.6. The molecule has 0 spiro atoms. The summed E-state index contributed by atoms with van der Waals surface area (Å²) >= 11 is 1.96. The topological polar surface area (TPSA) is 27.6 Å². The Labute approximate surface area is 115 Å². The number of thioether (sulfide) groups is 1. The van der Waals surface area contributed by atoms with Gasteiger partial charge in [-0.1, -0.05) is 24.6 Å². The number of amidine groups is 1. The van der Waals surface area contributed by atoms with Gasteiger partial charge >= 0.3 is 0 Å². The monoisotopic (exact) mass is 267 g/mol. The lowest BCUT2D eigenvalue weighted by Gasteiger charge is -2.37. The number of rotatable bonds is 2. The van der Waals surface area contributed by atoms with E-state index in [4.69, 9.17) is 4.99 Å². The first-order chi connectivity index (χ1) is 8.81. The first kappa shape index (κ1) is 12.8. The van der Waals surface area contributed by atoms with Crippen molar-refractivity contribution in [1.29, 1.82) is 0 Å². The number of likely N-dealkylation sites (tertiary alicyclic amines) is 1. The number of nitrogens with zero attached hydrogens (tertiary/aromatic N) is 2. The lowest BCUT2D eigenvalue weighted by Crippen LogP contribution is -2.46. The van der Waals surface area contributed by atoms with Crippen LogP contribution in [0.3, 0.4) is 0 Å². The molecule has 0 aromatic rings. The first-order valence-electron chi connectivity index (χ1n) is 7.43. The van der Waals surface area contributed by atoms with Crippen molar-refractivity contribution in [3.63, 3.8) is 0 Å². The highest BCUT2D eigenvalue weighted by molar-refractivity contribution is 8.13. The van der Waals surface area contributed by atoms with Gasteiger partial charge in [-0.2, -0.15) is 0 Å². The van der Waals surface area contributed by atoms with Gasteiger partial charge in [-0.15, -0.1) is 0 Å². The van der Waals surface area contributed by atoms with Crippen molar-refractivity contribution in [2.24, 2.45) is 16.8 Å². The Balaban J connectivity index is 1.50. The minimum atomic E-state index is 0.727. The molecule has 3 rings (SSSR count). The molecular weight excluding hydrogens is 242 g/mol. The number of nitrogens with one attached hydrogen (secondary N) is 1. The summed E-state index contributed by atoms with van der Waals surface area (Å²) in [6.45, 7) is 3.51. The average Bonchev–Trinajstić information content (AvgIpc) is 2.82. The summed E-state index contributed by atoms with van der Waals surface area (Å²) in [6.07, 6.45) is 6.94. The number of hydrogen-bond donors (Lipinski definition) is 1. The summed E-state index contributed by atoms with van der Waals surface area (Å²) in [7, 11) is 2.22. The molecule has 0 bridgehead atoms. The molecule has 3 atom stereocenters. The summed E-state index contributed by atoms with van der Waals surface area (Å²) < 4.78 is 0. The van der Waals surface area contributed by atoms with Crippen molar-refractivity contribution in [2.75, 3.05) is 32.4 Å². The van der Waals surface area contributed by atoms with E-state index in [0.29, 0.717) is 0 Å². The molecule has 3 fully saturated rings. The van der Waals surface area contributed by atoms with Crippen LogP contribution in [0.4, 0.5) is 0 Å².